The van der Waals surface area contributed by atoms with E-state index in [4.69, 9.17) is 0 Å². The maximum absolute atomic E-state index is 9.29. The molecular formula is C14H26O. The van der Waals surface area contributed by atoms with Crippen LogP contribution in [0.25, 0.3) is 0 Å². The molecule has 0 aromatic heterocycles. The van der Waals surface area contributed by atoms with Crippen LogP contribution in [-0.4, -0.2) is 11.7 Å². The summed E-state index contributed by atoms with van der Waals surface area (Å²) in [6.07, 6.45) is 5.42. The van der Waals surface area contributed by atoms with Crippen LogP contribution in [0.3, 0.4) is 0 Å². The second kappa shape index (κ2) is 3.48. The van der Waals surface area contributed by atoms with Crippen LogP contribution in [0, 0.1) is 28.6 Å². The van der Waals surface area contributed by atoms with E-state index in [2.05, 4.69) is 27.7 Å². The second-order valence-corrected chi connectivity index (χ2v) is 6.95. The Bertz CT molecular complexity index is 246. The fraction of sp³-hybridized carbons (Fsp3) is 1.00. The first-order valence-corrected chi connectivity index (χ1v) is 6.51. The quantitative estimate of drug-likeness (QED) is 0.756. The van der Waals surface area contributed by atoms with E-state index in [9.17, 15) is 5.11 Å². The summed E-state index contributed by atoms with van der Waals surface area (Å²) in [7, 11) is 0. The molecule has 2 fully saturated rings. The van der Waals surface area contributed by atoms with Crippen molar-refractivity contribution in [2.24, 2.45) is 28.6 Å². The SMILES string of the molecule is CC1CCC(CC2CC2(C)CO)C1(C)C. The fourth-order valence-electron chi connectivity index (χ4n) is 3.43. The minimum absolute atomic E-state index is 0.280. The molecule has 0 bridgehead atoms. The van der Waals surface area contributed by atoms with Gasteiger partial charge in [0.1, 0.15) is 0 Å². The minimum Gasteiger partial charge on any atom is -0.396 e. The molecule has 0 aromatic carbocycles. The maximum Gasteiger partial charge on any atom is 0.0487 e. The summed E-state index contributed by atoms with van der Waals surface area (Å²) in [5, 5.41) is 9.29. The highest BCUT2D eigenvalue weighted by Crippen LogP contribution is 2.59. The van der Waals surface area contributed by atoms with Crippen LogP contribution in [0.4, 0.5) is 0 Å². The summed E-state index contributed by atoms with van der Waals surface area (Å²) in [5.74, 6) is 2.57. The Morgan fingerprint density at radius 1 is 1.13 bits per heavy atom. The van der Waals surface area contributed by atoms with Crippen LogP contribution >= 0.6 is 0 Å². The maximum atomic E-state index is 9.29. The van der Waals surface area contributed by atoms with Gasteiger partial charge in [-0.3, -0.25) is 0 Å². The van der Waals surface area contributed by atoms with E-state index in [1.165, 1.54) is 25.7 Å². The van der Waals surface area contributed by atoms with Crippen molar-refractivity contribution in [1.29, 1.82) is 0 Å². The molecule has 15 heavy (non-hydrogen) atoms. The van der Waals surface area contributed by atoms with Gasteiger partial charge in [0.2, 0.25) is 0 Å². The third-order valence-electron chi connectivity index (χ3n) is 5.74. The number of rotatable bonds is 3. The van der Waals surface area contributed by atoms with Gasteiger partial charge in [0.15, 0.2) is 0 Å². The molecule has 0 spiro atoms. The summed E-state index contributed by atoms with van der Waals surface area (Å²) in [6, 6.07) is 0. The molecule has 0 saturated heterocycles. The molecule has 2 saturated carbocycles. The Hall–Kier alpha value is -0.0400. The van der Waals surface area contributed by atoms with Gasteiger partial charge in [0.25, 0.3) is 0 Å². The first-order chi connectivity index (χ1) is 6.90. The van der Waals surface area contributed by atoms with Crippen molar-refractivity contribution in [2.75, 3.05) is 6.61 Å². The van der Waals surface area contributed by atoms with E-state index in [1.807, 2.05) is 0 Å². The van der Waals surface area contributed by atoms with Crippen LogP contribution in [0.15, 0.2) is 0 Å². The van der Waals surface area contributed by atoms with Crippen molar-refractivity contribution in [2.45, 2.75) is 53.4 Å². The zero-order chi connectivity index (χ0) is 11.3. The molecule has 1 heteroatoms. The number of aliphatic hydroxyl groups is 1. The van der Waals surface area contributed by atoms with Crippen LogP contribution in [0.1, 0.15) is 53.4 Å². The lowest BCUT2D eigenvalue weighted by Crippen LogP contribution is -2.24. The topological polar surface area (TPSA) is 20.2 Å². The molecule has 2 aliphatic rings. The van der Waals surface area contributed by atoms with Crippen LogP contribution in [-0.2, 0) is 0 Å². The summed E-state index contributed by atoms with van der Waals surface area (Å²) in [5.41, 5.74) is 0.806. The lowest BCUT2D eigenvalue weighted by Gasteiger charge is -2.31. The highest BCUT2D eigenvalue weighted by molar-refractivity contribution is 5.02. The molecule has 2 rings (SSSR count). The Morgan fingerprint density at radius 2 is 1.80 bits per heavy atom. The standard InChI is InChI=1S/C14H26O/c1-10-5-6-11(13(10,2)3)7-12-8-14(12,4)9-15/h10-12,15H,5-9H2,1-4H3. The molecule has 1 N–H and O–H groups in total. The van der Waals surface area contributed by atoms with Crippen molar-refractivity contribution in [3.05, 3.63) is 0 Å². The summed E-state index contributed by atoms with van der Waals surface area (Å²) < 4.78 is 0. The number of aliphatic hydroxyl groups excluding tert-OH is 1. The monoisotopic (exact) mass is 210 g/mol. The summed E-state index contributed by atoms with van der Waals surface area (Å²) in [4.78, 5) is 0. The van der Waals surface area contributed by atoms with Gasteiger partial charge in [-0.2, -0.15) is 0 Å². The number of hydrogen-bond donors (Lipinski definition) is 1. The van der Waals surface area contributed by atoms with E-state index < -0.39 is 0 Å². The predicted octanol–water partition coefficient (Wildman–Crippen LogP) is 3.47. The highest BCUT2D eigenvalue weighted by Gasteiger charge is 2.52. The molecule has 88 valence electrons. The van der Waals surface area contributed by atoms with Crippen LogP contribution < -0.4 is 0 Å². The van der Waals surface area contributed by atoms with Crippen LogP contribution in [0.2, 0.25) is 0 Å². The van der Waals surface area contributed by atoms with Crippen molar-refractivity contribution >= 4 is 0 Å². The van der Waals surface area contributed by atoms with E-state index >= 15 is 0 Å². The largest absolute Gasteiger partial charge is 0.396 e. The van der Waals surface area contributed by atoms with Gasteiger partial charge in [-0.1, -0.05) is 27.7 Å². The molecule has 0 radical (unpaired) electrons. The Balaban J connectivity index is 1.92. The van der Waals surface area contributed by atoms with E-state index in [-0.39, 0.29) is 5.41 Å². The van der Waals surface area contributed by atoms with E-state index in [0.29, 0.717) is 12.0 Å². The Kier molecular flexibility index (Phi) is 2.65. The normalized spacial score (nSPS) is 48.2. The molecular weight excluding hydrogens is 184 g/mol. The van der Waals surface area contributed by atoms with Crippen molar-refractivity contribution < 1.29 is 5.11 Å². The minimum atomic E-state index is 0.280. The lowest BCUT2D eigenvalue weighted by atomic mass is 9.74. The third kappa shape index (κ3) is 1.84. The smallest absolute Gasteiger partial charge is 0.0487 e. The first kappa shape index (κ1) is 11.4. The van der Waals surface area contributed by atoms with Gasteiger partial charge in [0.05, 0.1) is 0 Å². The van der Waals surface area contributed by atoms with Crippen molar-refractivity contribution in [3.8, 4) is 0 Å². The Labute approximate surface area is 94.3 Å². The second-order valence-electron chi connectivity index (χ2n) is 6.95. The zero-order valence-electron chi connectivity index (χ0n) is 10.7. The average Bonchev–Trinajstić information content (AvgIpc) is 2.76. The first-order valence-electron chi connectivity index (χ1n) is 6.51. The molecule has 0 aliphatic heterocycles. The molecule has 4 atom stereocenters. The van der Waals surface area contributed by atoms with Gasteiger partial charge in [0, 0.05) is 6.61 Å². The van der Waals surface area contributed by atoms with Crippen molar-refractivity contribution in [3.63, 3.8) is 0 Å². The average molecular weight is 210 g/mol. The fourth-order valence-corrected chi connectivity index (χ4v) is 3.43. The van der Waals surface area contributed by atoms with Crippen molar-refractivity contribution in [1.82, 2.24) is 0 Å². The number of hydrogen-bond acceptors (Lipinski definition) is 1. The lowest BCUT2D eigenvalue weighted by molar-refractivity contribution is 0.162. The van der Waals surface area contributed by atoms with Gasteiger partial charge >= 0.3 is 0 Å². The molecule has 2 aliphatic carbocycles. The van der Waals surface area contributed by atoms with Gasteiger partial charge in [-0.05, 0) is 54.3 Å². The van der Waals surface area contributed by atoms with Crippen LogP contribution in [0.5, 0.6) is 0 Å². The van der Waals surface area contributed by atoms with E-state index in [0.717, 1.165) is 17.8 Å². The predicted molar refractivity (Wildman–Crippen MR) is 63.6 cm³/mol. The molecule has 0 amide bonds. The summed E-state index contributed by atoms with van der Waals surface area (Å²) in [6.45, 7) is 9.91. The zero-order valence-corrected chi connectivity index (χ0v) is 10.7. The third-order valence-corrected chi connectivity index (χ3v) is 5.74. The van der Waals surface area contributed by atoms with Gasteiger partial charge in [-0.25, -0.2) is 0 Å². The van der Waals surface area contributed by atoms with Gasteiger partial charge in [-0.15, -0.1) is 0 Å². The molecule has 1 nitrogen and oxygen atoms in total. The Morgan fingerprint density at radius 3 is 2.20 bits per heavy atom. The molecule has 0 aromatic rings. The van der Waals surface area contributed by atoms with Gasteiger partial charge < -0.3 is 5.11 Å². The summed E-state index contributed by atoms with van der Waals surface area (Å²) >= 11 is 0. The highest BCUT2D eigenvalue weighted by atomic mass is 16.3. The molecule has 0 heterocycles. The van der Waals surface area contributed by atoms with E-state index in [1.54, 1.807) is 0 Å². The molecule has 4 unspecified atom stereocenters.